The van der Waals surface area contributed by atoms with E-state index in [-0.39, 0.29) is 0 Å². The van der Waals surface area contributed by atoms with E-state index in [2.05, 4.69) is 36.1 Å². The van der Waals surface area contributed by atoms with Crippen LogP contribution in [0.2, 0.25) is 0 Å². The van der Waals surface area contributed by atoms with Crippen molar-refractivity contribution in [1.82, 2.24) is 15.1 Å². The molecule has 3 heteroatoms. The zero-order valence-corrected chi connectivity index (χ0v) is 14.0. The van der Waals surface area contributed by atoms with Crippen LogP contribution in [-0.2, 0) is 0 Å². The SMILES string of the molecule is CCCC1(CN(C)CC2CCN(C)CC2)CCNCC1. The van der Waals surface area contributed by atoms with Crippen LogP contribution in [0, 0.1) is 11.3 Å². The summed E-state index contributed by atoms with van der Waals surface area (Å²) in [6, 6.07) is 0. The third kappa shape index (κ3) is 4.71. The number of rotatable bonds is 6. The Morgan fingerprint density at radius 1 is 1.20 bits per heavy atom. The zero-order valence-electron chi connectivity index (χ0n) is 14.0. The average Bonchev–Trinajstić information content (AvgIpc) is 2.42. The Bertz CT molecular complexity index is 260. The van der Waals surface area contributed by atoms with Crippen LogP contribution in [0.15, 0.2) is 0 Å². The molecule has 20 heavy (non-hydrogen) atoms. The topological polar surface area (TPSA) is 18.5 Å². The number of piperidine rings is 2. The molecule has 0 aromatic heterocycles. The van der Waals surface area contributed by atoms with Gasteiger partial charge in [-0.25, -0.2) is 0 Å². The van der Waals surface area contributed by atoms with E-state index in [0.29, 0.717) is 5.41 Å². The van der Waals surface area contributed by atoms with Gasteiger partial charge in [0.15, 0.2) is 0 Å². The molecule has 2 saturated heterocycles. The molecular formula is C17H35N3. The zero-order chi connectivity index (χ0) is 14.4. The summed E-state index contributed by atoms with van der Waals surface area (Å²) < 4.78 is 0. The van der Waals surface area contributed by atoms with Gasteiger partial charge in [-0.15, -0.1) is 0 Å². The molecule has 0 bridgehead atoms. The quantitative estimate of drug-likeness (QED) is 0.807. The maximum atomic E-state index is 3.53. The Balaban J connectivity index is 1.80. The Morgan fingerprint density at radius 2 is 1.85 bits per heavy atom. The van der Waals surface area contributed by atoms with Gasteiger partial charge < -0.3 is 15.1 Å². The Labute approximate surface area is 126 Å². The van der Waals surface area contributed by atoms with Crippen molar-refractivity contribution in [2.75, 3.05) is 53.4 Å². The largest absolute Gasteiger partial charge is 0.317 e. The highest BCUT2D eigenvalue weighted by Gasteiger charge is 2.32. The maximum Gasteiger partial charge on any atom is 0.00360 e. The fraction of sp³-hybridized carbons (Fsp3) is 1.00. The van der Waals surface area contributed by atoms with E-state index in [0.717, 1.165) is 5.92 Å². The van der Waals surface area contributed by atoms with Crippen LogP contribution in [-0.4, -0.2) is 63.2 Å². The molecule has 0 aliphatic carbocycles. The van der Waals surface area contributed by atoms with Crippen molar-refractivity contribution in [3.63, 3.8) is 0 Å². The lowest BCUT2D eigenvalue weighted by molar-refractivity contribution is 0.0947. The van der Waals surface area contributed by atoms with Crippen molar-refractivity contribution >= 4 is 0 Å². The van der Waals surface area contributed by atoms with Gasteiger partial charge in [0.25, 0.3) is 0 Å². The first kappa shape index (κ1) is 16.3. The standard InChI is InChI=1S/C17H35N3/c1-4-7-17(8-10-18-11-9-17)15-20(3)14-16-5-12-19(2)13-6-16/h16,18H,4-15H2,1-3H3. The smallest absolute Gasteiger partial charge is 0.00360 e. The molecule has 2 fully saturated rings. The van der Waals surface area contributed by atoms with Gasteiger partial charge in [-0.1, -0.05) is 13.3 Å². The molecule has 0 atom stereocenters. The monoisotopic (exact) mass is 281 g/mol. The van der Waals surface area contributed by atoms with E-state index in [1.54, 1.807) is 0 Å². The minimum absolute atomic E-state index is 0.597. The first-order valence-corrected chi connectivity index (χ1v) is 8.71. The van der Waals surface area contributed by atoms with Crippen LogP contribution in [0.3, 0.4) is 0 Å². The van der Waals surface area contributed by atoms with Crippen molar-refractivity contribution in [2.24, 2.45) is 11.3 Å². The van der Waals surface area contributed by atoms with Crippen LogP contribution < -0.4 is 5.32 Å². The number of nitrogens with zero attached hydrogens (tertiary/aromatic N) is 2. The van der Waals surface area contributed by atoms with E-state index >= 15 is 0 Å². The summed E-state index contributed by atoms with van der Waals surface area (Å²) in [5, 5.41) is 3.53. The van der Waals surface area contributed by atoms with Gasteiger partial charge in [-0.2, -0.15) is 0 Å². The fourth-order valence-electron chi connectivity index (χ4n) is 4.30. The molecule has 1 N–H and O–H groups in total. The first-order chi connectivity index (χ1) is 9.63. The van der Waals surface area contributed by atoms with Crippen LogP contribution in [0.25, 0.3) is 0 Å². The molecule has 2 heterocycles. The predicted molar refractivity (Wildman–Crippen MR) is 87.2 cm³/mol. The van der Waals surface area contributed by atoms with E-state index < -0.39 is 0 Å². The molecule has 118 valence electrons. The summed E-state index contributed by atoms with van der Waals surface area (Å²) in [7, 11) is 4.61. The van der Waals surface area contributed by atoms with Gasteiger partial charge in [0, 0.05) is 13.1 Å². The number of nitrogens with one attached hydrogen (secondary N) is 1. The van der Waals surface area contributed by atoms with Crippen molar-refractivity contribution in [3.8, 4) is 0 Å². The first-order valence-electron chi connectivity index (χ1n) is 8.71. The van der Waals surface area contributed by atoms with Crippen LogP contribution in [0.5, 0.6) is 0 Å². The van der Waals surface area contributed by atoms with E-state index in [4.69, 9.17) is 0 Å². The maximum absolute atomic E-state index is 3.53. The minimum Gasteiger partial charge on any atom is -0.317 e. The van der Waals surface area contributed by atoms with Gasteiger partial charge in [0.2, 0.25) is 0 Å². The van der Waals surface area contributed by atoms with Gasteiger partial charge in [-0.3, -0.25) is 0 Å². The number of hydrogen-bond donors (Lipinski definition) is 1. The molecule has 2 aliphatic heterocycles. The average molecular weight is 281 g/mol. The van der Waals surface area contributed by atoms with Gasteiger partial charge in [0.1, 0.15) is 0 Å². The molecule has 0 amide bonds. The van der Waals surface area contributed by atoms with Gasteiger partial charge in [0.05, 0.1) is 0 Å². The molecular weight excluding hydrogens is 246 g/mol. The third-order valence-corrected chi connectivity index (χ3v) is 5.46. The molecule has 3 nitrogen and oxygen atoms in total. The lowest BCUT2D eigenvalue weighted by Gasteiger charge is -2.42. The summed E-state index contributed by atoms with van der Waals surface area (Å²) in [4.78, 5) is 5.12. The summed E-state index contributed by atoms with van der Waals surface area (Å²) in [6.07, 6.45) is 8.28. The molecule has 2 aliphatic rings. The second kappa shape index (κ2) is 7.77. The Hall–Kier alpha value is -0.120. The highest BCUT2D eigenvalue weighted by Crippen LogP contribution is 2.35. The van der Waals surface area contributed by atoms with Crippen molar-refractivity contribution in [3.05, 3.63) is 0 Å². The van der Waals surface area contributed by atoms with E-state index in [1.807, 2.05) is 0 Å². The molecule has 0 unspecified atom stereocenters. The molecule has 0 aromatic carbocycles. The summed E-state index contributed by atoms with van der Waals surface area (Å²) in [6.45, 7) is 10.0. The van der Waals surface area contributed by atoms with Crippen molar-refractivity contribution in [2.45, 2.75) is 45.4 Å². The second-order valence-corrected chi connectivity index (χ2v) is 7.44. The highest BCUT2D eigenvalue weighted by atomic mass is 15.1. The third-order valence-electron chi connectivity index (χ3n) is 5.46. The molecule has 2 rings (SSSR count). The molecule has 0 saturated carbocycles. The van der Waals surface area contributed by atoms with Crippen molar-refractivity contribution in [1.29, 1.82) is 0 Å². The van der Waals surface area contributed by atoms with Crippen LogP contribution in [0.4, 0.5) is 0 Å². The van der Waals surface area contributed by atoms with Crippen LogP contribution in [0.1, 0.15) is 45.4 Å². The lowest BCUT2D eigenvalue weighted by atomic mass is 9.75. The number of hydrogen-bond acceptors (Lipinski definition) is 3. The van der Waals surface area contributed by atoms with Crippen molar-refractivity contribution < 1.29 is 0 Å². The molecule has 0 spiro atoms. The summed E-state index contributed by atoms with van der Waals surface area (Å²) in [5.41, 5.74) is 0.597. The van der Waals surface area contributed by atoms with Gasteiger partial charge >= 0.3 is 0 Å². The fourth-order valence-corrected chi connectivity index (χ4v) is 4.30. The van der Waals surface area contributed by atoms with E-state index in [9.17, 15) is 0 Å². The highest BCUT2D eigenvalue weighted by molar-refractivity contribution is 4.87. The normalized spacial score (nSPS) is 25.2. The minimum atomic E-state index is 0.597. The predicted octanol–water partition coefficient (Wildman–Crippen LogP) is 2.43. The summed E-state index contributed by atoms with van der Waals surface area (Å²) >= 11 is 0. The van der Waals surface area contributed by atoms with E-state index in [1.165, 1.54) is 77.8 Å². The Kier molecular flexibility index (Phi) is 6.31. The summed E-state index contributed by atoms with van der Waals surface area (Å²) in [5.74, 6) is 0.927. The Morgan fingerprint density at radius 3 is 2.45 bits per heavy atom. The molecule has 0 aromatic rings. The van der Waals surface area contributed by atoms with Gasteiger partial charge in [-0.05, 0) is 83.7 Å². The molecule has 0 radical (unpaired) electrons. The second-order valence-electron chi connectivity index (χ2n) is 7.44. The van der Waals surface area contributed by atoms with Crippen LogP contribution >= 0.6 is 0 Å². The lowest BCUT2D eigenvalue weighted by Crippen LogP contribution is -2.45. The number of likely N-dealkylation sites (tertiary alicyclic amines) is 1.